The minimum absolute atomic E-state index is 0.0103. The van der Waals surface area contributed by atoms with Gasteiger partial charge in [0, 0.05) is 12.1 Å². The molecule has 1 fully saturated rings. The quantitative estimate of drug-likeness (QED) is 0.609. The third-order valence-electron chi connectivity index (χ3n) is 6.14. The van der Waals surface area contributed by atoms with Gasteiger partial charge in [-0.1, -0.05) is 48.9 Å². The molecule has 0 bridgehead atoms. The van der Waals surface area contributed by atoms with Crippen LogP contribution in [0.4, 0.5) is 0 Å². The molecule has 2 aliphatic rings. The Morgan fingerprint density at radius 2 is 1.81 bits per heavy atom. The van der Waals surface area contributed by atoms with Gasteiger partial charge in [0.1, 0.15) is 6.61 Å². The fraction of sp³-hybridized carbons (Fsp3) is 0.385. The number of hydrogen-bond acceptors (Lipinski definition) is 4. The summed E-state index contributed by atoms with van der Waals surface area (Å²) in [5.41, 5.74) is 2.97. The van der Waals surface area contributed by atoms with Crippen LogP contribution in [0.1, 0.15) is 37.7 Å². The molecule has 0 radical (unpaired) electrons. The van der Waals surface area contributed by atoms with Crippen LogP contribution in [0.15, 0.2) is 65.7 Å². The maximum atomic E-state index is 13.2. The Bertz CT molecular complexity index is 986. The number of benzene rings is 2. The molecule has 1 unspecified atom stereocenters. The standard InChI is InChI=1S/C26H30N2O4/c1-31-23-13-7-8-14-24(23)32-16-15-27-25(29)17-21-20-11-5-6-12-22(20)28(26(21)30)18-19-9-3-2-4-10-19/h2-4,7-10,13-14,22H,5-6,11-12,15-18H2,1H3,(H,27,29). The maximum Gasteiger partial charge on any atom is 0.251 e. The van der Waals surface area contributed by atoms with Gasteiger partial charge in [0.15, 0.2) is 11.5 Å². The zero-order chi connectivity index (χ0) is 22.3. The number of methoxy groups -OCH3 is 1. The number of fused-ring (bicyclic) bond motifs is 1. The average molecular weight is 435 g/mol. The summed E-state index contributed by atoms with van der Waals surface area (Å²) in [5, 5.41) is 2.89. The van der Waals surface area contributed by atoms with Crippen molar-refractivity contribution < 1.29 is 19.1 Å². The number of ether oxygens (including phenoxy) is 2. The van der Waals surface area contributed by atoms with E-state index in [1.165, 1.54) is 0 Å². The van der Waals surface area contributed by atoms with Crippen molar-refractivity contribution >= 4 is 11.8 Å². The predicted molar refractivity (Wildman–Crippen MR) is 122 cm³/mol. The third-order valence-corrected chi connectivity index (χ3v) is 6.14. The van der Waals surface area contributed by atoms with Crippen LogP contribution in [-0.2, 0) is 16.1 Å². The number of carbonyl (C=O) groups is 2. The molecule has 1 heterocycles. The molecule has 1 saturated carbocycles. The predicted octanol–water partition coefficient (Wildman–Crippen LogP) is 3.86. The Labute approximate surface area is 189 Å². The lowest BCUT2D eigenvalue weighted by Crippen LogP contribution is -2.36. The highest BCUT2D eigenvalue weighted by Gasteiger charge is 2.40. The van der Waals surface area contributed by atoms with Gasteiger partial charge in [-0.05, 0) is 42.5 Å². The molecular weight excluding hydrogens is 404 g/mol. The summed E-state index contributed by atoms with van der Waals surface area (Å²) in [6, 6.07) is 17.6. The summed E-state index contributed by atoms with van der Waals surface area (Å²) in [5.74, 6) is 1.16. The summed E-state index contributed by atoms with van der Waals surface area (Å²) >= 11 is 0. The molecule has 1 atom stereocenters. The van der Waals surface area contributed by atoms with Crippen molar-refractivity contribution in [3.63, 3.8) is 0 Å². The van der Waals surface area contributed by atoms with Crippen LogP contribution in [0.2, 0.25) is 0 Å². The number of amides is 2. The number of para-hydroxylation sites is 2. The summed E-state index contributed by atoms with van der Waals surface area (Å²) < 4.78 is 11.0. The van der Waals surface area contributed by atoms with Gasteiger partial charge in [-0.15, -0.1) is 0 Å². The van der Waals surface area contributed by atoms with Crippen molar-refractivity contribution in [2.75, 3.05) is 20.3 Å². The number of hydrogen-bond donors (Lipinski definition) is 1. The summed E-state index contributed by atoms with van der Waals surface area (Å²) in [6.07, 6.45) is 4.21. The van der Waals surface area contributed by atoms with Crippen molar-refractivity contribution in [3.8, 4) is 11.5 Å². The van der Waals surface area contributed by atoms with Crippen molar-refractivity contribution in [3.05, 3.63) is 71.3 Å². The highest BCUT2D eigenvalue weighted by molar-refractivity contribution is 6.02. The van der Waals surface area contributed by atoms with Crippen LogP contribution >= 0.6 is 0 Å². The molecule has 2 aromatic rings. The smallest absolute Gasteiger partial charge is 0.251 e. The zero-order valence-electron chi connectivity index (χ0n) is 18.5. The Hall–Kier alpha value is -3.28. The largest absolute Gasteiger partial charge is 0.493 e. The fourth-order valence-electron chi connectivity index (χ4n) is 4.61. The SMILES string of the molecule is COc1ccccc1OCCNC(=O)CC1=C2CCCCC2N(Cc2ccccc2)C1=O. The molecule has 1 aliphatic heterocycles. The van der Waals surface area contributed by atoms with Crippen LogP contribution in [0.3, 0.4) is 0 Å². The first kappa shape index (κ1) is 21.9. The lowest BCUT2D eigenvalue weighted by Gasteiger charge is -2.30. The van der Waals surface area contributed by atoms with E-state index in [1.54, 1.807) is 7.11 Å². The van der Waals surface area contributed by atoms with E-state index in [0.29, 0.717) is 36.8 Å². The van der Waals surface area contributed by atoms with Gasteiger partial charge in [-0.3, -0.25) is 9.59 Å². The van der Waals surface area contributed by atoms with Crippen LogP contribution in [-0.4, -0.2) is 43.0 Å². The lowest BCUT2D eigenvalue weighted by atomic mass is 9.88. The highest BCUT2D eigenvalue weighted by Crippen LogP contribution is 2.38. The van der Waals surface area contributed by atoms with E-state index in [2.05, 4.69) is 5.32 Å². The number of nitrogens with zero attached hydrogens (tertiary/aromatic N) is 1. The molecular formula is C26H30N2O4. The lowest BCUT2D eigenvalue weighted by molar-refractivity contribution is -0.129. The van der Waals surface area contributed by atoms with Gasteiger partial charge in [-0.2, -0.15) is 0 Å². The first-order chi connectivity index (χ1) is 15.7. The first-order valence-corrected chi connectivity index (χ1v) is 11.3. The molecule has 32 heavy (non-hydrogen) atoms. The van der Waals surface area contributed by atoms with Crippen molar-refractivity contribution in [1.82, 2.24) is 10.2 Å². The molecule has 0 aromatic heterocycles. The number of carbonyl (C=O) groups excluding carboxylic acids is 2. The topological polar surface area (TPSA) is 67.9 Å². The monoisotopic (exact) mass is 434 g/mol. The second-order valence-electron chi connectivity index (χ2n) is 8.21. The highest BCUT2D eigenvalue weighted by atomic mass is 16.5. The Kier molecular flexibility index (Phi) is 7.10. The van der Waals surface area contributed by atoms with Crippen LogP contribution < -0.4 is 14.8 Å². The average Bonchev–Trinajstić information content (AvgIpc) is 3.08. The minimum atomic E-state index is -0.143. The molecule has 0 spiro atoms. The second-order valence-corrected chi connectivity index (χ2v) is 8.21. The molecule has 2 aromatic carbocycles. The summed E-state index contributed by atoms with van der Waals surface area (Å²) in [6.45, 7) is 1.28. The Morgan fingerprint density at radius 3 is 2.59 bits per heavy atom. The van der Waals surface area contributed by atoms with Gasteiger partial charge < -0.3 is 19.7 Å². The van der Waals surface area contributed by atoms with Crippen LogP contribution in [0.25, 0.3) is 0 Å². The normalized spacial score (nSPS) is 17.8. The Balaban J connectivity index is 1.33. The molecule has 6 nitrogen and oxygen atoms in total. The van der Waals surface area contributed by atoms with Crippen molar-refractivity contribution in [2.45, 2.75) is 44.7 Å². The third kappa shape index (κ3) is 4.96. The van der Waals surface area contributed by atoms with E-state index in [-0.39, 0.29) is 24.3 Å². The molecule has 4 rings (SSSR count). The molecule has 2 amide bonds. The van der Waals surface area contributed by atoms with Crippen molar-refractivity contribution in [1.29, 1.82) is 0 Å². The van der Waals surface area contributed by atoms with Crippen molar-refractivity contribution in [2.24, 2.45) is 0 Å². The van der Waals surface area contributed by atoms with E-state index in [0.717, 1.165) is 36.8 Å². The number of nitrogens with one attached hydrogen (secondary N) is 1. The van der Waals surface area contributed by atoms with E-state index < -0.39 is 0 Å². The van der Waals surface area contributed by atoms with Crippen LogP contribution in [0.5, 0.6) is 11.5 Å². The number of rotatable bonds is 9. The first-order valence-electron chi connectivity index (χ1n) is 11.3. The maximum absolute atomic E-state index is 13.2. The fourth-order valence-corrected chi connectivity index (χ4v) is 4.61. The van der Waals surface area contributed by atoms with E-state index in [4.69, 9.17) is 9.47 Å². The van der Waals surface area contributed by atoms with Gasteiger partial charge in [0.05, 0.1) is 26.1 Å². The van der Waals surface area contributed by atoms with Gasteiger partial charge in [0.2, 0.25) is 5.91 Å². The molecule has 0 saturated heterocycles. The van der Waals surface area contributed by atoms with Gasteiger partial charge in [-0.25, -0.2) is 0 Å². The zero-order valence-corrected chi connectivity index (χ0v) is 18.5. The van der Waals surface area contributed by atoms with Crippen LogP contribution in [0, 0.1) is 0 Å². The van der Waals surface area contributed by atoms with Gasteiger partial charge >= 0.3 is 0 Å². The minimum Gasteiger partial charge on any atom is -0.493 e. The summed E-state index contributed by atoms with van der Waals surface area (Å²) in [4.78, 5) is 27.8. The summed E-state index contributed by atoms with van der Waals surface area (Å²) in [7, 11) is 1.59. The van der Waals surface area contributed by atoms with E-state index >= 15 is 0 Å². The molecule has 6 heteroatoms. The van der Waals surface area contributed by atoms with E-state index in [9.17, 15) is 9.59 Å². The van der Waals surface area contributed by atoms with E-state index in [1.807, 2.05) is 59.5 Å². The molecule has 168 valence electrons. The van der Waals surface area contributed by atoms with Gasteiger partial charge in [0.25, 0.3) is 5.91 Å². The Morgan fingerprint density at radius 1 is 1.06 bits per heavy atom. The molecule has 1 N–H and O–H groups in total. The molecule has 1 aliphatic carbocycles. The second kappa shape index (κ2) is 10.4.